The second-order valence-corrected chi connectivity index (χ2v) is 10.9. The van der Waals surface area contributed by atoms with Crippen molar-refractivity contribution < 1.29 is 32.3 Å². The average molecular weight is 532 g/mol. The number of hydrogen-bond donors (Lipinski definition) is 1. The van der Waals surface area contributed by atoms with Crippen molar-refractivity contribution in [2.75, 3.05) is 52.5 Å². The summed E-state index contributed by atoms with van der Waals surface area (Å²) < 4.78 is 37.9. The van der Waals surface area contributed by atoms with Gasteiger partial charge in [-0.25, -0.2) is 8.42 Å². The summed E-state index contributed by atoms with van der Waals surface area (Å²) >= 11 is 0. The van der Waals surface area contributed by atoms with E-state index in [0.29, 0.717) is 45.0 Å². The molecule has 0 saturated carbocycles. The zero-order valence-corrected chi connectivity index (χ0v) is 21.9. The van der Waals surface area contributed by atoms with Crippen LogP contribution in [0, 0.1) is 0 Å². The first-order valence-electron chi connectivity index (χ1n) is 12.5. The molecule has 2 aliphatic heterocycles. The average Bonchev–Trinajstić information content (AvgIpc) is 3.52. The van der Waals surface area contributed by atoms with Gasteiger partial charge >= 0.3 is 0 Å². The van der Waals surface area contributed by atoms with Crippen LogP contribution in [0.2, 0.25) is 0 Å². The van der Waals surface area contributed by atoms with E-state index in [2.05, 4.69) is 4.90 Å². The molecule has 1 aromatic carbocycles. The number of ether oxygens (including phenoxy) is 1. The molecule has 1 aromatic heterocycles. The molecule has 0 spiro atoms. The highest BCUT2D eigenvalue weighted by molar-refractivity contribution is 7.89. The van der Waals surface area contributed by atoms with Gasteiger partial charge in [0.05, 0.1) is 29.9 Å². The van der Waals surface area contributed by atoms with Crippen LogP contribution < -0.4 is 0 Å². The van der Waals surface area contributed by atoms with E-state index in [1.807, 2.05) is 0 Å². The summed E-state index contributed by atoms with van der Waals surface area (Å²) in [7, 11) is -3.68. The van der Waals surface area contributed by atoms with Crippen molar-refractivity contribution in [1.82, 2.24) is 14.1 Å². The van der Waals surface area contributed by atoms with Gasteiger partial charge in [0.25, 0.3) is 11.7 Å². The third-order valence-corrected chi connectivity index (χ3v) is 8.86. The number of morpholine rings is 1. The Labute approximate surface area is 217 Å². The maximum Gasteiger partial charge on any atom is 0.295 e. The Bertz CT molecular complexity index is 1230. The van der Waals surface area contributed by atoms with Crippen LogP contribution in [-0.4, -0.2) is 91.8 Å². The summed E-state index contributed by atoms with van der Waals surface area (Å²) in [6.07, 6.45) is 2.10. The van der Waals surface area contributed by atoms with Gasteiger partial charge in [0, 0.05) is 44.8 Å². The Balaban J connectivity index is 1.62. The molecule has 1 atom stereocenters. The lowest BCUT2D eigenvalue weighted by Gasteiger charge is -2.28. The fourth-order valence-corrected chi connectivity index (χ4v) is 6.25. The zero-order chi connectivity index (χ0) is 26.6. The molecule has 2 aliphatic rings. The van der Waals surface area contributed by atoms with Crippen molar-refractivity contribution in [3.63, 3.8) is 0 Å². The monoisotopic (exact) mass is 531 g/mol. The van der Waals surface area contributed by atoms with Gasteiger partial charge in [-0.05, 0) is 42.8 Å². The minimum Gasteiger partial charge on any atom is -0.507 e. The molecule has 0 aliphatic carbocycles. The summed E-state index contributed by atoms with van der Waals surface area (Å²) in [4.78, 5) is 29.9. The molecule has 0 unspecified atom stereocenters. The van der Waals surface area contributed by atoms with E-state index >= 15 is 0 Å². The fourth-order valence-electron chi connectivity index (χ4n) is 4.80. The minimum absolute atomic E-state index is 0.0781. The number of aliphatic hydroxyl groups is 1. The number of sulfonamides is 1. The fraction of sp³-hybridized carbons (Fsp3) is 0.462. The van der Waals surface area contributed by atoms with E-state index in [-0.39, 0.29) is 21.8 Å². The predicted molar refractivity (Wildman–Crippen MR) is 136 cm³/mol. The van der Waals surface area contributed by atoms with E-state index < -0.39 is 27.8 Å². The predicted octanol–water partition coefficient (Wildman–Crippen LogP) is 2.45. The summed E-state index contributed by atoms with van der Waals surface area (Å²) in [5, 5.41) is 11.2. The summed E-state index contributed by atoms with van der Waals surface area (Å²) in [5.41, 5.74) is 0.159. The summed E-state index contributed by atoms with van der Waals surface area (Å²) in [6, 6.07) is 8.12. The number of carbonyl (C=O) groups is 2. The number of likely N-dealkylation sites (tertiary alicyclic amines) is 1. The standard InChI is InChI=1S/C26H33N3O7S/c1-3-28(4-2)37(33,34)20-10-8-19(9-11-20)24(30)22-23(21-7-5-16-36-21)29(26(32)25(22)31)13-6-12-27-14-17-35-18-15-27/h5,7-11,16,23,30H,3-4,6,12-15,17-18H2,1-2H3/t23-/m1/s1. The molecule has 2 aromatic rings. The molecule has 11 heteroatoms. The Hall–Kier alpha value is -2.99. The van der Waals surface area contributed by atoms with Crippen molar-refractivity contribution in [2.45, 2.75) is 31.2 Å². The van der Waals surface area contributed by atoms with Gasteiger partial charge in [-0.15, -0.1) is 0 Å². The highest BCUT2D eigenvalue weighted by atomic mass is 32.2. The molecule has 0 radical (unpaired) electrons. The zero-order valence-electron chi connectivity index (χ0n) is 21.1. The molecule has 37 heavy (non-hydrogen) atoms. The number of furan rings is 1. The van der Waals surface area contributed by atoms with Crippen LogP contribution in [0.15, 0.2) is 57.5 Å². The van der Waals surface area contributed by atoms with Crippen LogP contribution in [-0.2, 0) is 24.3 Å². The topological polar surface area (TPSA) is 121 Å². The lowest BCUT2D eigenvalue weighted by Crippen LogP contribution is -2.38. The molecule has 4 rings (SSSR count). The largest absolute Gasteiger partial charge is 0.507 e. The minimum atomic E-state index is -3.68. The van der Waals surface area contributed by atoms with E-state index in [1.165, 1.54) is 39.7 Å². The summed E-state index contributed by atoms with van der Waals surface area (Å²) in [5.74, 6) is -1.51. The molecule has 200 valence electrons. The first-order chi connectivity index (χ1) is 17.8. The maximum atomic E-state index is 13.1. The van der Waals surface area contributed by atoms with Gasteiger partial charge in [-0.3, -0.25) is 14.5 Å². The van der Waals surface area contributed by atoms with Crippen molar-refractivity contribution in [3.8, 4) is 0 Å². The van der Waals surface area contributed by atoms with E-state index in [4.69, 9.17) is 9.15 Å². The highest BCUT2D eigenvalue weighted by Crippen LogP contribution is 2.39. The van der Waals surface area contributed by atoms with Gasteiger partial charge in [0.1, 0.15) is 17.6 Å². The van der Waals surface area contributed by atoms with Crippen LogP contribution >= 0.6 is 0 Å². The van der Waals surface area contributed by atoms with Gasteiger partial charge in [0.2, 0.25) is 10.0 Å². The van der Waals surface area contributed by atoms with Crippen LogP contribution in [0.3, 0.4) is 0 Å². The number of rotatable bonds is 10. The van der Waals surface area contributed by atoms with Crippen LogP contribution in [0.1, 0.15) is 37.6 Å². The van der Waals surface area contributed by atoms with E-state index in [1.54, 1.807) is 26.0 Å². The third-order valence-electron chi connectivity index (χ3n) is 6.80. The molecule has 2 fully saturated rings. The SMILES string of the molecule is CCN(CC)S(=O)(=O)c1ccc(C(O)=C2C(=O)C(=O)N(CCCN3CCOCC3)[C@@H]2c2ccco2)cc1. The lowest BCUT2D eigenvalue weighted by molar-refractivity contribution is -0.140. The molecular formula is C26H33N3O7S. The molecule has 1 N–H and O–H groups in total. The number of hydrogen-bond acceptors (Lipinski definition) is 8. The Morgan fingerprint density at radius 3 is 2.32 bits per heavy atom. The van der Waals surface area contributed by atoms with Gasteiger partial charge in [-0.1, -0.05) is 13.8 Å². The van der Waals surface area contributed by atoms with Gasteiger partial charge in [0.15, 0.2) is 0 Å². The first kappa shape index (κ1) is 27.1. The van der Waals surface area contributed by atoms with Crippen LogP contribution in [0.5, 0.6) is 0 Å². The third kappa shape index (κ3) is 5.49. The molecule has 1 amide bonds. The molecule has 0 bridgehead atoms. The Morgan fingerprint density at radius 2 is 1.73 bits per heavy atom. The smallest absolute Gasteiger partial charge is 0.295 e. The second kappa shape index (κ2) is 11.6. The molecule has 10 nitrogen and oxygen atoms in total. The molecule has 2 saturated heterocycles. The summed E-state index contributed by atoms with van der Waals surface area (Å²) in [6.45, 7) is 8.23. The number of ketones is 1. The van der Waals surface area contributed by atoms with Crippen LogP contribution in [0.4, 0.5) is 0 Å². The highest BCUT2D eigenvalue weighted by Gasteiger charge is 2.47. The molecule has 3 heterocycles. The normalized spacial score (nSPS) is 20.7. The van der Waals surface area contributed by atoms with Gasteiger partial charge < -0.3 is 19.2 Å². The Morgan fingerprint density at radius 1 is 1.05 bits per heavy atom. The van der Waals surface area contributed by atoms with Crippen molar-refractivity contribution in [2.24, 2.45) is 0 Å². The lowest BCUT2D eigenvalue weighted by atomic mass is 9.99. The van der Waals surface area contributed by atoms with E-state index in [0.717, 1.165) is 19.6 Å². The number of amides is 1. The van der Waals surface area contributed by atoms with Crippen molar-refractivity contribution in [3.05, 3.63) is 59.6 Å². The number of aliphatic hydroxyl groups excluding tert-OH is 1. The van der Waals surface area contributed by atoms with Crippen molar-refractivity contribution >= 4 is 27.5 Å². The maximum absolute atomic E-state index is 13.1. The second-order valence-electron chi connectivity index (χ2n) is 8.93. The quantitative estimate of drug-likeness (QED) is 0.282. The first-order valence-corrected chi connectivity index (χ1v) is 14.0. The van der Waals surface area contributed by atoms with E-state index in [9.17, 15) is 23.1 Å². The number of nitrogens with zero attached hydrogens (tertiary/aromatic N) is 3. The number of carbonyl (C=O) groups excluding carboxylic acids is 2. The van der Waals surface area contributed by atoms with Crippen LogP contribution in [0.25, 0.3) is 5.76 Å². The number of Topliss-reactive ketones (excluding diaryl/α,β-unsaturated/α-hetero) is 1. The van der Waals surface area contributed by atoms with Crippen molar-refractivity contribution in [1.29, 1.82) is 0 Å². The number of benzene rings is 1. The Kier molecular flexibility index (Phi) is 8.48. The van der Waals surface area contributed by atoms with Gasteiger partial charge in [-0.2, -0.15) is 4.31 Å². The molecular weight excluding hydrogens is 498 g/mol.